The molecule has 8 nitrogen and oxygen atoms in total. The van der Waals surface area contributed by atoms with Gasteiger partial charge < -0.3 is 14.0 Å². The van der Waals surface area contributed by atoms with Crippen LogP contribution in [0.1, 0.15) is 17.4 Å². The van der Waals surface area contributed by atoms with Crippen molar-refractivity contribution in [3.63, 3.8) is 0 Å². The van der Waals surface area contributed by atoms with Crippen LogP contribution in [0, 0.1) is 5.82 Å². The van der Waals surface area contributed by atoms with Crippen LogP contribution in [-0.2, 0) is 7.05 Å². The van der Waals surface area contributed by atoms with Gasteiger partial charge in [0, 0.05) is 19.8 Å². The smallest absolute Gasteiger partial charge is 0.276 e. The van der Waals surface area contributed by atoms with Crippen LogP contribution in [0.4, 0.5) is 10.1 Å². The number of carbonyl (C=O) groups is 1. The summed E-state index contributed by atoms with van der Waals surface area (Å²) in [4.78, 5) is 27.2. The summed E-state index contributed by atoms with van der Waals surface area (Å²) in [5.74, 6) is -0.163. The van der Waals surface area contributed by atoms with Crippen LogP contribution in [-0.4, -0.2) is 37.1 Å². The molecule has 0 N–H and O–H groups in total. The monoisotopic (exact) mass is 392 g/mol. The lowest BCUT2D eigenvalue weighted by atomic mass is 10.2. The Labute approximate surface area is 165 Å². The number of imidazole rings is 1. The lowest BCUT2D eigenvalue weighted by Gasteiger charge is -2.20. The average molecular weight is 392 g/mol. The maximum Gasteiger partial charge on any atom is 0.276 e. The Kier molecular flexibility index (Phi) is 4.86. The zero-order chi connectivity index (χ0) is 20.4. The minimum Gasteiger partial charge on any atom is -0.333 e. The number of amides is 1. The first kappa shape index (κ1) is 18.5. The van der Waals surface area contributed by atoms with Gasteiger partial charge in [0.1, 0.15) is 11.5 Å². The largest absolute Gasteiger partial charge is 0.333 e. The van der Waals surface area contributed by atoms with E-state index in [1.807, 2.05) is 13.0 Å². The fraction of sp³-hybridized carbons (Fsp3) is 0.150. The number of hydrogen-bond acceptors (Lipinski definition) is 6. The molecule has 1 amide bonds. The van der Waals surface area contributed by atoms with Crippen LogP contribution in [0.25, 0.3) is 23.1 Å². The van der Waals surface area contributed by atoms with Gasteiger partial charge in [0.25, 0.3) is 11.8 Å². The molecule has 0 fully saturated rings. The number of carbonyl (C=O) groups excluding carboxylic acids is 1. The first-order valence-corrected chi connectivity index (χ1v) is 8.92. The highest BCUT2D eigenvalue weighted by Crippen LogP contribution is 2.24. The van der Waals surface area contributed by atoms with Gasteiger partial charge >= 0.3 is 0 Å². The van der Waals surface area contributed by atoms with E-state index < -0.39 is 5.82 Å². The fourth-order valence-corrected chi connectivity index (χ4v) is 2.97. The van der Waals surface area contributed by atoms with E-state index in [0.29, 0.717) is 23.8 Å². The van der Waals surface area contributed by atoms with Gasteiger partial charge in [-0.1, -0.05) is 17.3 Å². The number of anilines is 1. The molecule has 3 aromatic heterocycles. The van der Waals surface area contributed by atoms with E-state index in [1.165, 1.54) is 12.3 Å². The van der Waals surface area contributed by atoms with Crippen molar-refractivity contribution in [2.45, 2.75) is 6.92 Å². The van der Waals surface area contributed by atoms with Crippen molar-refractivity contribution in [3.8, 4) is 23.1 Å². The second kappa shape index (κ2) is 7.63. The van der Waals surface area contributed by atoms with Crippen molar-refractivity contribution < 1.29 is 13.7 Å². The number of pyridine rings is 1. The molecular weight excluding hydrogens is 375 g/mol. The molecule has 0 aliphatic rings. The lowest BCUT2D eigenvalue weighted by Crippen LogP contribution is -2.32. The van der Waals surface area contributed by atoms with Crippen molar-refractivity contribution in [3.05, 3.63) is 66.5 Å². The predicted octanol–water partition coefficient (Wildman–Crippen LogP) is 3.34. The van der Waals surface area contributed by atoms with Crippen LogP contribution in [0.3, 0.4) is 0 Å². The van der Waals surface area contributed by atoms with Gasteiger partial charge in [-0.05, 0) is 31.2 Å². The quantitative estimate of drug-likeness (QED) is 0.517. The zero-order valence-corrected chi connectivity index (χ0v) is 15.8. The Balaban J connectivity index is 1.66. The molecule has 4 rings (SSSR count). The summed E-state index contributed by atoms with van der Waals surface area (Å²) in [5, 5.41) is 3.89. The summed E-state index contributed by atoms with van der Waals surface area (Å²) in [7, 11) is 1.69. The Morgan fingerprint density at radius 1 is 1.21 bits per heavy atom. The summed E-state index contributed by atoms with van der Waals surface area (Å²) in [6.45, 7) is 2.34. The SMILES string of the molecule is CCN(C(=O)c1cnc(-c2noc(-c3ccccc3F)n2)n1C)c1cccnc1. The van der Waals surface area contributed by atoms with Gasteiger partial charge in [0.05, 0.1) is 23.6 Å². The summed E-state index contributed by atoms with van der Waals surface area (Å²) in [5.41, 5.74) is 1.23. The summed E-state index contributed by atoms with van der Waals surface area (Å²) in [6.07, 6.45) is 4.72. The molecule has 0 atom stereocenters. The Hall–Kier alpha value is -3.88. The van der Waals surface area contributed by atoms with E-state index >= 15 is 0 Å². The predicted molar refractivity (Wildman–Crippen MR) is 103 cm³/mol. The highest BCUT2D eigenvalue weighted by atomic mass is 19.1. The van der Waals surface area contributed by atoms with E-state index in [4.69, 9.17) is 4.52 Å². The minimum absolute atomic E-state index is 0.0412. The van der Waals surface area contributed by atoms with E-state index in [9.17, 15) is 9.18 Å². The number of aromatic nitrogens is 5. The van der Waals surface area contributed by atoms with Gasteiger partial charge in [-0.3, -0.25) is 9.78 Å². The second-order valence-corrected chi connectivity index (χ2v) is 6.19. The van der Waals surface area contributed by atoms with Crippen molar-refractivity contribution in [1.82, 2.24) is 24.7 Å². The zero-order valence-electron chi connectivity index (χ0n) is 15.8. The van der Waals surface area contributed by atoms with Gasteiger partial charge in [0.2, 0.25) is 5.82 Å². The third-order valence-electron chi connectivity index (χ3n) is 4.46. The van der Waals surface area contributed by atoms with E-state index in [2.05, 4.69) is 20.1 Å². The third-order valence-corrected chi connectivity index (χ3v) is 4.46. The molecule has 146 valence electrons. The van der Waals surface area contributed by atoms with Gasteiger partial charge in [0.15, 0.2) is 5.82 Å². The van der Waals surface area contributed by atoms with Crippen LogP contribution >= 0.6 is 0 Å². The first-order chi connectivity index (χ1) is 14.1. The number of nitrogens with zero attached hydrogens (tertiary/aromatic N) is 6. The van der Waals surface area contributed by atoms with Crippen LogP contribution in [0.5, 0.6) is 0 Å². The molecule has 4 aromatic rings. The van der Waals surface area contributed by atoms with Crippen LogP contribution in [0.15, 0.2) is 59.5 Å². The van der Waals surface area contributed by atoms with Crippen molar-refractivity contribution in [1.29, 1.82) is 0 Å². The second-order valence-electron chi connectivity index (χ2n) is 6.19. The molecule has 0 aliphatic heterocycles. The number of halogens is 1. The fourth-order valence-electron chi connectivity index (χ4n) is 2.97. The molecule has 29 heavy (non-hydrogen) atoms. The van der Waals surface area contributed by atoms with Crippen molar-refractivity contribution in [2.24, 2.45) is 7.05 Å². The molecule has 0 saturated carbocycles. The van der Waals surface area contributed by atoms with E-state index in [-0.39, 0.29) is 23.2 Å². The van der Waals surface area contributed by atoms with E-state index in [0.717, 1.165) is 0 Å². The van der Waals surface area contributed by atoms with Crippen LogP contribution < -0.4 is 4.90 Å². The summed E-state index contributed by atoms with van der Waals surface area (Å²) in [6, 6.07) is 9.70. The molecule has 0 saturated heterocycles. The van der Waals surface area contributed by atoms with Gasteiger partial charge in [-0.15, -0.1) is 0 Å². The minimum atomic E-state index is -0.464. The maximum absolute atomic E-state index is 14.0. The maximum atomic E-state index is 14.0. The normalized spacial score (nSPS) is 10.9. The average Bonchev–Trinajstić information content (AvgIpc) is 3.36. The van der Waals surface area contributed by atoms with Crippen molar-refractivity contribution >= 4 is 11.6 Å². The molecular formula is C20H17FN6O2. The van der Waals surface area contributed by atoms with Gasteiger partial charge in [-0.2, -0.15) is 4.98 Å². The van der Waals surface area contributed by atoms with E-state index in [1.54, 1.807) is 53.2 Å². The Bertz CT molecular complexity index is 1150. The van der Waals surface area contributed by atoms with Crippen molar-refractivity contribution in [2.75, 3.05) is 11.4 Å². The molecule has 0 bridgehead atoms. The van der Waals surface area contributed by atoms with Crippen LogP contribution in [0.2, 0.25) is 0 Å². The molecule has 9 heteroatoms. The number of benzene rings is 1. The third kappa shape index (κ3) is 3.38. The molecule has 0 radical (unpaired) electrons. The Morgan fingerprint density at radius 3 is 2.76 bits per heavy atom. The lowest BCUT2D eigenvalue weighted by molar-refractivity contribution is 0.0980. The first-order valence-electron chi connectivity index (χ1n) is 8.92. The molecule has 0 spiro atoms. The van der Waals surface area contributed by atoms with Gasteiger partial charge in [-0.25, -0.2) is 9.37 Å². The summed E-state index contributed by atoms with van der Waals surface area (Å²) >= 11 is 0. The molecule has 0 unspecified atom stereocenters. The Morgan fingerprint density at radius 2 is 2.03 bits per heavy atom. The highest BCUT2D eigenvalue weighted by Gasteiger charge is 2.24. The number of hydrogen-bond donors (Lipinski definition) is 0. The number of rotatable bonds is 5. The molecule has 1 aromatic carbocycles. The summed E-state index contributed by atoms with van der Waals surface area (Å²) < 4.78 is 20.7. The standard InChI is InChI=1S/C20H17FN6O2/c1-3-27(13-7-6-10-22-11-13)20(28)16-12-23-18(26(16)2)17-24-19(29-25-17)14-8-4-5-9-15(14)21/h4-12H,3H2,1-2H3. The highest BCUT2D eigenvalue weighted by molar-refractivity contribution is 6.05. The molecule has 3 heterocycles. The molecule has 0 aliphatic carbocycles. The topological polar surface area (TPSA) is 89.9 Å².